The second-order valence-electron chi connectivity index (χ2n) is 4.77. The van der Waals surface area contributed by atoms with E-state index in [2.05, 4.69) is 35.1 Å². The predicted molar refractivity (Wildman–Crippen MR) is 79.1 cm³/mol. The van der Waals surface area contributed by atoms with Gasteiger partial charge in [-0.15, -0.1) is 0 Å². The molecule has 1 heterocycles. The lowest BCUT2D eigenvalue weighted by Gasteiger charge is -2.06. The zero-order valence-electron chi connectivity index (χ0n) is 11.5. The summed E-state index contributed by atoms with van der Waals surface area (Å²) in [4.78, 5) is 0. The van der Waals surface area contributed by atoms with Gasteiger partial charge in [-0.1, -0.05) is 13.8 Å². The van der Waals surface area contributed by atoms with Gasteiger partial charge < -0.3 is 14.5 Å². The predicted octanol–water partition coefficient (Wildman–Crippen LogP) is 4.26. The van der Waals surface area contributed by atoms with Crippen LogP contribution < -0.4 is 10.1 Å². The van der Waals surface area contributed by atoms with Gasteiger partial charge in [0.25, 0.3) is 0 Å². The summed E-state index contributed by atoms with van der Waals surface area (Å²) in [6, 6.07) is 8.77. The van der Waals surface area contributed by atoms with Crippen molar-refractivity contribution in [1.29, 1.82) is 0 Å². The molecule has 0 aliphatic carbocycles. The molecule has 0 spiro atoms. The lowest BCUT2D eigenvalue weighted by Crippen LogP contribution is -2.21. The molecule has 0 aliphatic heterocycles. The molecular weight excluding hydrogens is 325 g/mol. The van der Waals surface area contributed by atoms with Gasteiger partial charge in [0.1, 0.15) is 29.7 Å². The van der Waals surface area contributed by atoms with E-state index in [1.54, 1.807) is 12.1 Å². The van der Waals surface area contributed by atoms with Crippen molar-refractivity contribution in [2.24, 2.45) is 0 Å². The van der Waals surface area contributed by atoms with E-state index in [1.807, 2.05) is 12.1 Å². The zero-order valence-corrected chi connectivity index (χ0v) is 13.0. The summed E-state index contributed by atoms with van der Waals surface area (Å²) < 4.78 is 24.7. The molecule has 0 amide bonds. The number of rotatable bonds is 6. The third-order valence-electron chi connectivity index (χ3n) is 2.67. The van der Waals surface area contributed by atoms with Crippen molar-refractivity contribution in [2.45, 2.75) is 33.0 Å². The van der Waals surface area contributed by atoms with Crippen LogP contribution in [0.5, 0.6) is 5.75 Å². The van der Waals surface area contributed by atoms with Crippen molar-refractivity contribution in [3.05, 3.63) is 52.1 Å². The van der Waals surface area contributed by atoms with E-state index in [9.17, 15) is 4.39 Å². The van der Waals surface area contributed by atoms with Crippen molar-refractivity contribution in [1.82, 2.24) is 5.32 Å². The molecule has 0 radical (unpaired) electrons. The van der Waals surface area contributed by atoms with Crippen molar-refractivity contribution < 1.29 is 13.5 Å². The minimum Gasteiger partial charge on any atom is -0.486 e. The monoisotopic (exact) mass is 341 g/mol. The first-order valence-corrected chi connectivity index (χ1v) is 7.22. The molecule has 2 rings (SSSR count). The summed E-state index contributed by atoms with van der Waals surface area (Å²) in [5.74, 6) is 1.90. The largest absolute Gasteiger partial charge is 0.486 e. The van der Waals surface area contributed by atoms with Crippen LogP contribution in [-0.2, 0) is 13.2 Å². The SMILES string of the molecule is CC(C)NCc1ccc(COc2ccc(F)c(Br)c2)o1. The molecule has 108 valence electrons. The Kier molecular flexibility index (Phi) is 5.20. The first kappa shape index (κ1) is 15.1. The summed E-state index contributed by atoms with van der Waals surface area (Å²) in [5.41, 5.74) is 0. The highest BCUT2D eigenvalue weighted by molar-refractivity contribution is 9.10. The maximum absolute atomic E-state index is 13.1. The molecule has 1 N–H and O–H groups in total. The fraction of sp³-hybridized carbons (Fsp3) is 0.333. The zero-order chi connectivity index (χ0) is 14.5. The van der Waals surface area contributed by atoms with Crippen LogP contribution in [0.15, 0.2) is 39.2 Å². The topological polar surface area (TPSA) is 34.4 Å². The van der Waals surface area contributed by atoms with E-state index in [0.29, 0.717) is 29.4 Å². The van der Waals surface area contributed by atoms with Crippen molar-refractivity contribution in [2.75, 3.05) is 0 Å². The van der Waals surface area contributed by atoms with E-state index in [4.69, 9.17) is 9.15 Å². The summed E-state index contributed by atoms with van der Waals surface area (Å²) >= 11 is 3.12. The number of halogens is 2. The molecule has 3 nitrogen and oxygen atoms in total. The van der Waals surface area contributed by atoms with E-state index < -0.39 is 0 Å². The number of hydrogen-bond donors (Lipinski definition) is 1. The summed E-state index contributed by atoms with van der Waals surface area (Å²) in [6.07, 6.45) is 0. The lowest BCUT2D eigenvalue weighted by molar-refractivity contribution is 0.264. The van der Waals surface area contributed by atoms with E-state index in [0.717, 1.165) is 11.5 Å². The number of benzene rings is 1. The van der Waals surface area contributed by atoms with E-state index >= 15 is 0 Å². The van der Waals surface area contributed by atoms with Gasteiger partial charge in [-0.3, -0.25) is 0 Å². The summed E-state index contributed by atoms with van der Waals surface area (Å²) in [6.45, 7) is 5.18. The minimum absolute atomic E-state index is 0.308. The smallest absolute Gasteiger partial charge is 0.146 e. The van der Waals surface area contributed by atoms with Crippen molar-refractivity contribution >= 4 is 15.9 Å². The fourth-order valence-corrected chi connectivity index (χ4v) is 1.98. The molecular formula is C15H17BrFNO2. The Morgan fingerprint density at radius 3 is 2.70 bits per heavy atom. The highest BCUT2D eigenvalue weighted by Crippen LogP contribution is 2.22. The van der Waals surface area contributed by atoms with Gasteiger partial charge in [0.2, 0.25) is 0 Å². The molecule has 20 heavy (non-hydrogen) atoms. The van der Waals surface area contributed by atoms with Crippen molar-refractivity contribution in [3.8, 4) is 5.75 Å². The molecule has 0 saturated carbocycles. The Hall–Kier alpha value is -1.33. The molecule has 1 aromatic carbocycles. The van der Waals surface area contributed by atoms with Crippen LogP contribution in [0.1, 0.15) is 25.4 Å². The van der Waals surface area contributed by atoms with Crippen LogP contribution in [0.25, 0.3) is 0 Å². The average Bonchev–Trinajstić information content (AvgIpc) is 2.86. The molecule has 5 heteroatoms. The van der Waals surface area contributed by atoms with Gasteiger partial charge >= 0.3 is 0 Å². The second kappa shape index (κ2) is 6.90. The summed E-state index contributed by atoms with van der Waals surface area (Å²) in [5, 5.41) is 3.28. The fourth-order valence-electron chi connectivity index (χ4n) is 1.62. The Labute approximate surface area is 126 Å². The van der Waals surface area contributed by atoms with Crippen LogP contribution in [0.4, 0.5) is 4.39 Å². The molecule has 0 fully saturated rings. The quantitative estimate of drug-likeness (QED) is 0.852. The molecule has 0 unspecified atom stereocenters. The number of nitrogens with one attached hydrogen (secondary N) is 1. The molecule has 2 aromatic rings. The van der Waals surface area contributed by atoms with Crippen LogP contribution in [0.3, 0.4) is 0 Å². The van der Waals surface area contributed by atoms with E-state index in [-0.39, 0.29) is 5.82 Å². The van der Waals surface area contributed by atoms with Gasteiger partial charge in [0, 0.05) is 6.04 Å². The van der Waals surface area contributed by atoms with Gasteiger partial charge in [0.05, 0.1) is 11.0 Å². The number of ether oxygens (including phenoxy) is 1. The Morgan fingerprint density at radius 1 is 1.25 bits per heavy atom. The first-order valence-electron chi connectivity index (χ1n) is 6.43. The Bertz CT molecular complexity index is 569. The molecule has 0 saturated heterocycles. The van der Waals surface area contributed by atoms with Crippen LogP contribution >= 0.6 is 15.9 Å². The van der Waals surface area contributed by atoms with Gasteiger partial charge in [0.15, 0.2) is 0 Å². The molecule has 0 aliphatic rings. The average molecular weight is 342 g/mol. The summed E-state index contributed by atoms with van der Waals surface area (Å²) in [7, 11) is 0. The normalized spacial score (nSPS) is 11.1. The maximum Gasteiger partial charge on any atom is 0.146 e. The van der Waals surface area contributed by atoms with Crippen LogP contribution in [0, 0.1) is 5.82 Å². The Balaban J connectivity index is 1.89. The van der Waals surface area contributed by atoms with Crippen molar-refractivity contribution in [3.63, 3.8) is 0 Å². The van der Waals surface area contributed by atoms with Crippen LogP contribution in [0.2, 0.25) is 0 Å². The third kappa shape index (κ3) is 4.35. The van der Waals surface area contributed by atoms with Gasteiger partial charge in [-0.2, -0.15) is 0 Å². The highest BCUT2D eigenvalue weighted by atomic mass is 79.9. The number of furan rings is 1. The Morgan fingerprint density at radius 2 is 2.00 bits per heavy atom. The molecule has 0 atom stereocenters. The maximum atomic E-state index is 13.1. The molecule has 1 aromatic heterocycles. The van der Waals surface area contributed by atoms with Gasteiger partial charge in [-0.25, -0.2) is 4.39 Å². The first-order chi connectivity index (χ1) is 9.54. The van der Waals surface area contributed by atoms with Gasteiger partial charge in [-0.05, 0) is 46.3 Å². The second-order valence-corrected chi connectivity index (χ2v) is 5.62. The molecule has 0 bridgehead atoms. The lowest BCUT2D eigenvalue weighted by atomic mass is 10.3. The number of hydrogen-bond acceptors (Lipinski definition) is 3. The third-order valence-corrected chi connectivity index (χ3v) is 3.28. The van der Waals surface area contributed by atoms with E-state index in [1.165, 1.54) is 6.07 Å². The van der Waals surface area contributed by atoms with Crippen LogP contribution in [-0.4, -0.2) is 6.04 Å². The highest BCUT2D eigenvalue weighted by Gasteiger charge is 2.05. The minimum atomic E-state index is -0.308. The standard InChI is InChI=1S/C15H17BrFNO2/c1-10(2)18-8-12-3-4-13(20-12)9-19-11-5-6-15(17)14(16)7-11/h3-7,10,18H,8-9H2,1-2H3.